The molecule has 0 saturated carbocycles. The van der Waals surface area contributed by atoms with E-state index in [0.717, 1.165) is 0 Å². The van der Waals surface area contributed by atoms with E-state index in [1.807, 2.05) is 0 Å². The van der Waals surface area contributed by atoms with E-state index in [2.05, 4.69) is 17.6 Å². The zero-order chi connectivity index (χ0) is 6.85. The van der Waals surface area contributed by atoms with Crippen LogP contribution in [0.15, 0.2) is 6.33 Å². The second kappa shape index (κ2) is 2.82. The van der Waals surface area contributed by atoms with E-state index >= 15 is 0 Å². The summed E-state index contributed by atoms with van der Waals surface area (Å²) in [5, 5.41) is 0.761. The SMILES string of the molecule is SCn1cnc(Cl)c1Cl. The largest absolute Gasteiger partial charge is 0.311 e. The molecule has 1 heterocycles. The second-order valence-corrected chi connectivity index (χ2v) is 2.44. The van der Waals surface area contributed by atoms with Gasteiger partial charge in [0.05, 0.1) is 12.2 Å². The third-order valence-corrected chi connectivity index (χ3v) is 1.96. The molecular formula is C4H4Cl2N2S. The van der Waals surface area contributed by atoms with Crippen molar-refractivity contribution >= 4 is 35.8 Å². The number of nitrogens with zero attached hydrogens (tertiary/aromatic N) is 2. The number of hydrogen-bond donors (Lipinski definition) is 1. The highest BCUT2D eigenvalue weighted by molar-refractivity contribution is 7.79. The topological polar surface area (TPSA) is 17.8 Å². The first-order valence-corrected chi connectivity index (χ1v) is 3.61. The quantitative estimate of drug-likeness (QED) is 0.660. The van der Waals surface area contributed by atoms with Crippen LogP contribution in [-0.4, -0.2) is 9.55 Å². The van der Waals surface area contributed by atoms with E-state index in [4.69, 9.17) is 23.2 Å². The van der Waals surface area contributed by atoms with Gasteiger partial charge in [-0.2, -0.15) is 12.6 Å². The van der Waals surface area contributed by atoms with E-state index in [-0.39, 0.29) is 0 Å². The van der Waals surface area contributed by atoms with Gasteiger partial charge in [0.2, 0.25) is 0 Å². The van der Waals surface area contributed by atoms with Gasteiger partial charge < -0.3 is 4.57 Å². The molecule has 5 heteroatoms. The van der Waals surface area contributed by atoms with Gasteiger partial charge in [0.1, 0.15) is 5.15 Å². The highest BCUT2D eigenvalue weighted by Gasteiger charge is 2.02. The Labute approximate surface area is 68.2 Å². The first-order chi connectivity index (χ1) is 4.25. The molecule has 1 aromatic rings. The minimum Gasteiger partial charge on any atom is -0.311 e. The highest BCUT2D eigenvalue weighted by Crippen LogP contribution is 2.19. The Bertz CT molecular complexity index is 210. The lowest BCUT2D eigenvalue weighted by molar-refractivity contribution is 0.895. The second-order valence-electron chi connectivity index (χ2n) is 1.44. The molecule has 0 aromatic carbocycles. The predicted molar refractivity (Wildman–Crippen MR) is 41.2 cm³/mol. The molecule has 0 fully saturated rings. The molecule has 0 unspecified atom stereocenters. The molecule has 0 aliphatic carbocycles. The summed E-state index contributed by atoms with van der Waals surface area (Å²) in [5.74, 6) is 0.499. The van der Waals surface area contributed by atoms with Gasteiger partial charge in [-0.1, -0.05) is 23.2 Å². The van der Waals surface area contributed by atoms with Crippen LogP contribution in [0.1, 0.15) is 0 Å². The molecule has 2 nitrogen and oxygen atoms in total. The smallest absolute Gasteiger partial charge is 0.166 e. The van der Waals surface area contributed by atoms with Gasteiger partial charge >= 0.3 is 0 Å². The summed E-state index contributed by atoms with van der Waals surface area (Å²) in [6.07, 6.45) is 1.54. The van der Waals surface area contributed by atoms with Crippen LogP contribution in [0.5, 0.6) is 0 Å². The standard InChI is InChI=1S/C4H4Cl2N2S/c5-3-4(6)8(2-9)1-7-3/h1,9H,2H2. The fraction of sp³-hybridized carbons (Fsp3) is 0.250. The van der Waals surface area contributed by atoms with Gasteiger partial charge in [-0.05, 0) is 0 Å². The van der Waals surface area contributed by atoms with Gasteiger partial charge in [-0.3, -0.25) is 0 Å². The Hall–Kier alpha value is 0.140. The normalized spacial score (nSPS) is 10.1. The Morgan fingerprint density at radius 1 is 1.67 bits per heavy atom. The van der Waals surface area contributed by atoms with Crippen molar-refractivity contribution in [3.8, 4) is 0 Å². The van der Waals surface area contributed by atoms with Gasteiger partial charge in [0.25, 0.3) is 0 Å². The number of imidazole rings is 1. The molecule has 1 aromatic heterocycles. The number of halogens is 2. The van der Waals surface area contributed by atoms with Gasteiger partial charge in [-0.25, -0.2) is 4.98 Å². The van der Waals surface area contributed by atoms with Crippen molar-refractivity contribution in [2.75, 3.05) is 0 Å². The maximum Gasteiger partial charge on any atom is 0.166 e. The van der Waals surface area contributed by atoms with Crippen LogP contribution in [0.4, 0.5) is 0 Å². The summed E-state index contributed by atoms with van der Waals surface area (Å²) in [6, 6.07) is 0. The summed E-state index contributed by atoms with van der Waals surface area (Å²) in [5.41, 5.74) is 0. The predicted octanol–water partition coefficient (Wildman–Crippen LogP) is 2.08. The van der Waals surface area contributed by atoms with E-state index in [9.17, 15) is 0 Å². The average molecular weight is 183 g/mol. The van der Waals surface area contributed by atoms with Gasteiger partial charge in [0, 0.05) is 0 Å². The van der Waals surface area contributed by atoms with Crippen LogP contribution in [0.2, 0.25) is 10.3 Å². The first kappa shape index (κ1) is 7.25. The van der Waals surface area contributed by atoms with Crippen molar-refractivity contribution in [2.45, 2.75) is 5.88 Å². The van der Waals surface area contributed by atoms with Gasteiger partial charge in [-0.15, -0.1) is 0 Å². The van der Waals surface area contributed by atoms with Crippen LogP contribution in [0.25, 0.3) is 0 Å². The average Bonchev–Trinajstić information content (AvgIpc) is 2.15. The molecule has 0 radical (unpaired) electrons. The van der Waals surface area contributed by atoms with Crippen LogP contribution in [-0.2, 0) is 5.88 Å². The molecule has 0 spiro atoms. The molecule has 0 saturated heterocycles. The molecule has 0 atom stereocenters. The van der Waals surface area contributed by atoms with Crippen LogP contribution in [0, 0.1) is 0 Å². The monoisotopic (exact) mass is 182 g/mol. The fourth-order valence-electron chi connectivity index (χ4n) is 0.441. The summed E-state index contributed by atoms with van der Waals surface area (Å²) >= 11 is 15.1. The van der Waals surface area contributed by atoms with Crippen molar-refractivity contribution in [3.63, 3.8) is 0 Å². The number of hydrogen-bond acceptors (Lipinski definition) is 2. The molecule has 0 N–H and O–H groups in total. The number of thiol groups is 1. The zero-order valence-electron chi connectivity index (χ0n) is 4.38. The summed E-state index contributed by atoms with van der Waals surface area (Å²) in [4.78, 5) is 3.73. The lowest BCUT2D eigenvalue weighted by Gasteiger charge is -1.93. The summed E-state index contributed by atoms with van der Waals surface area (Å²) < 4.78 is 1.63. The van der Waals surface area contributed by atoms with Crippen LogP contribution in [0.3, 0.4) is 0 Å². The molecule has 9 heavy (non-hydrogen) atoms. The molecule has 50 valence electrons. The Kier molecular flexibility index (Phi) is 2.27. The van der Waals surface area contributed by atoms with Crippen LogP contribution >= 0.6 is 35.8 Å². The number of rotatable bonds is 1. The molecule has 1 rings (SSSR count). The Balaban J connectivity index is 3.04. The summed E-state index contributed by atoms with van der Waals surface area (Å²) in [7, 11) is 0. The fourth-order valence-corrected chi connectivity index (χ4v) is 1.04. The maximum atomic E-state index is 5.63. The van der Waals surface area contributed by atoms with E-state index in [0.29, 0.717) is 16.2 Å². The minimum atomic E-state index is 0.325. The number of aromatic nitrogens is 2. The molecular weight excluding hydrogens is 179 g/mol. The lowest BCUT2D eigenvalue weighted by atomic mass is 10.9. The van der Waals surface area contributed by atoms with Crippen molar-refractivity contribution < 1.29 is 0 Å². The van der Waals surface area contributed by atoms with E-state index in [1.54, 1.807) is 4.57 Å². The highest BCUT2D eigenvalue weighted by atomic mass is 35.5. The van der Waals surface area contributed by atoms with E-state index < -0.39 is 0 Å². The van der Waals surface area contributed by atoms with Crippen molar-refractivity contribution in [2.24, 2.45) is 0 Å². The molecule has 0 bridgehead atoms. The van der Waals surface area contributed by atoms with Crippen molar-refractivity contribution in [1.29, 1.82) is 0 Å². The third kappa shape index (κ3) is 1.34. The summed E-state index contributed by atoms with van der Waals surface area (Å²) in [6.45, 7) is 0. The zero-order valence-corrected chi connectivity index (χ0v) is 6.79. The minimum absolute atomic E-state index is 0.325. The van der Waals surface area contributed by atoms with Gasteiger partial charge in [0.15, 0.2) is 5.15 Å². The first-order valence-electron chi connectivity index (χ1n) is 2.22. The van der Waals surface area contributed by atoms with E-state index in [1.165, 1.54) is 6.33 Å². The lowest BCUT2D eigenvalue weighted by Crippen LogP contribution is -1.87. The maximum absolute atomic E-state index is 5.63. The Morgan fingerprint density at radius 2 is 2.33 bits per heavy atom. The molecule has 0 amide bonds. The van der Waals surface area contributed by atoms with Crippen molar-refractivity contribution in [3.05, 3.63) is 16.6 Å². The van der Waals surface area contributed by atoms with Crippen molar-refractivity contribution in [1.82, 2.24) is 9.55 Å². The van der Waals surface area contributed by atoms with Crippen LogP contribution < -0.4 is 0 Å². The third-order valence-electron chi connectivity index (χ3n) is 0.885. The molecule has 0 aliphatic rings. The molecule has 0 aliphatic heterocycles. The Morgan fingerprint density at radius 3 is 2.56 bits per heavy atom.